The third-order valence-electron chi connectivity index (χ3n) is 3.01. The van der Waals surface area contributed by atoms with Gasteiger partial charge in [0.15, 0.2) is 0 Å². The third kappa shape index (κ3) is 2.64. The number of nitrogen functional groups attached to an aromatic ring is 1. The lowest BCUT2D eigenvalue weighted by molar-refractivity contribution is 0.414. The minimum Gasteiger partial charge on any atom is -0.494 e. The standard InChI is InChI=1S/C15H13N5O/c1-21-14-9-19-13(10-2-5-17-6-3-10)8-11(14)12-4-7-18-15(16)20-12/h2-9H,1H3,(H2,16,18,20). The lowest BCUT2D eigenvalue weighted by Gasteiger charge is -2.10. The quantitative estimate of drug-likeness (QED) is 0.790. The Morgan fingerprint density at radius 3 is 2.52 bits per heavy atom. The van der Waals surface area contributed by atoms with Gasteiger partial charge in [-0.1, -0.05) is 0 Å². The van der Waals surface area contributed by atoms with Gasteiger partial charge >= 0.3 is 0 Å². The fraction of sp³-hybridized carbons (Fsp3) is 0.0667. The summed E-state index contributed by atoms with van der Waals surface area (Å²) in [5, 5.41) is 0. The van der Waals surface area contributed by atoms with Crippen LogP contribution in [0.5, 0.6) is 5.75 Å². The van der Waals surface area contributed by atoms with Gasteiger partial charge in [-0.25, -0.2) is 9.97 Å². The number of nitrogens with zero attached hydrogens (tertiary/aromatic N) is 4. The first-order valence-corrected chi connectivity index (χ1v) is 6.31. The van der Waals surface area contributed by atoms with Crippen LogP contribution in [0.15, 0.2) is 49.1 Å². The van der Waals surface area contributed by atoms with Crippen LogP contribution in [0, 0.1) is 0 Å². The summed E-state index contributed by atoms with van der Waals surface area (Å²) in [5.41, 5.74) is 8.93. The molecule has 0 aromatic carbocycles. The van der Waals surface area contributed by atoms with Gasteiger partial charge in [-0.2, -0.15) is 0 Å². The van der Waals surface area contributed by atoms with Crippen molar-refractivity contribution in [2.45, 2.75) is 0 Å². The fourth-order valence-electron chi connectivity index (χ4n) is 2.01. The van der Waals surface area contributed by atoms with E-state index in [0.29, 0.717) is 11.4 Å². The topological polar surface area (TPSA) is 86.8 Å². The van der Waals surface area contributed by atoms with Crippen LogP contribution in [0.25, 0.3) is 22.5 Å². The highest BCUT2D eigenvalue weighted by Crippen LogP contribution is 2.31. The van der Waals surface area contributed by atoms with Gasteiger partial charge < -0.3 is 10.5 Å². The summed E-state index contributed by atoms with van der Waals surface area (Å²) in [6.45, 7) is 0. The zero-order chi connectivity index (χ0) is 14.7. The molecule has 0 fully saturated rings. The predicted octanol–water partition coefficient (Wildman–Crippen LogP) is 2.19. The maximum Gasteiger partial charge on any atom is 0.220 e. The molecule has 0 bridgehead atoms. The van der Waals surface area contributed by atoms with Gasteiger partial charge in [-0.05, 0) is 24.3 Å². The van der Waals surface area contributed by atoms with Crippen LogP contribution in [0.1, 0.15) is 0 Å². The zero-order valence-electron chi connectivity index (χ0n) is 11.4. The van der Waals surface area contributed by atoms with Crippen molar-refractivity contribution in [3.8, 4) is 28.3 Å². The summed E-state index contributed by atoms with van der Waals surface area (Å²) >= 11 is 0. The molecule has 21 heavy (non-hydrogen) atoms. The Morgan fingerprint density at radius 1 is 1.00 bits per heavy atom. The average molecular weight is 279 g/mol. The predicted molar refractivity (Wildman–Crippen MR) is 79.5 cm³/mol. The Morgan fingerprint density at radius 2 is 1.81 bits per heavy atom. The Kier molecular flexibility index (Phi) is 3.42. The largest absolute Gasteiger partial charge is 0.494 e. The second-order valence-corrected chi connectivity index (χ2v) is 4.31. The van der Waals surface area contributed by atoms with Gasteiger partial charge in [0.25, 0.3) is 0 Å². The molecular formula is C15H13N5O. The number of ether oxygens (including phenoxy) is 1. The summed E-state index contributed by atoms with van der Waals surface area (Å²) < 4.78 is 5.35. The highest BCUT2D eigenvalue weighted by Gasteiger charge is 2.11. The molecule has 0 unspecified atom stereocenters. The minimum atomic E-state index is 0.219. The van der Waals surface area contributed by atoms with Gasteiger partial charge in [0, 0.05) is 29.7 Å². The van der Waals surface area contributed by atoms with E-state index in [0.717, 1.165) is 16.8 Å². The molecule has 2 N–H and O–H groups in total. The Labute approximate surface area is 121 Å². The van der Waals surface area contributed by atoms with E-state index >= 15 is 0 Å². The molecule has 3 rings (SSSR count). The number of anilines is 1. The van der Waals surface area contributed by atoms with Crippen molar-refractivity contribution in [3.05, 3.63) is 49.1 Å². The van der Waals surface area contributed by atoms with Gasteiger partial charge in [-0.3, -0.25) is 9.97 Å². The number of hydrogen-bond donors (Lipinski definition) is 1. The molecule has 0 saturated heterocycles. The second kappa shape index (κ2) is 5.54. The van der Waals surface area contributed by atoms with Gasteiger partial charge in [0.1, 0.15) is 5.75 Å². The first-order valence-electron chi connectivity index (χ1n) is 6.31. The van der Waals surface area contributed by atoms with E-state index in [9.17, 15) is 0 Å². The van der Waals surface area contributed by atoms with Crippen LogP contribution in [0.2, 0.25) is 0 Å². The van der Waals surface area contributed by atoms with Crippen LogP contribution in [0.3, 0.4) is 0 Å². The SMILES string of the molecule is COc1cnc(-c2ccncc2)cc1-c1ccnc(N)n1. The Hall–Kier alpha value is -3.02. The van der Waals surface area contributed by atoms with Crippen LogP contribution in [0.4, 0.5) is 5.95 Å². The molecular weight excluding hydrogens is 266 g/mol. The molecule has 0 aliphatic rings. The number of aromatic nitrogens is 4. The van der Waals surface area contributed by atoms with Crippen molar-refractivity contribution in [2.75, 3.05) is 12.8 Å². The van der Waals surface area contributed by atoms with Crippen molar-refractivity contribution >= 4 is 5.95 Å². The maximum atomic E-state index is 5.65. The number of rotatable bonds is 3. The van der Waals surface area contributed by atoms with Crippen molar-refractivity contribution in [3.63, 3.8) is 0 Å². The minimum absolute atomic E-state index is 0.219. The molecule has 0 atom stereocenters. The number of methoxy groups -OCH3 is 1. The number of nitrogens with two attached hydrogens (primary N) is 1. The van der Waals surface area contributed by atoms with E-state index in [4.69, 9.17) is 10.5 Å². The molecule has 104 valence electrons. The Balaban J connectivity index is 2.14. The van der Waals surface area contributed by atoms with Crippen molar-refractivity contribution in [2.24, 2.45) is 0 Å². The molecule has 0 radical (unpaired) electrons. The Bertz CT molecular complexity index is 761. The van der Waals surface area contributed by atoms with E-state index < -0.39 is 0 Å². The zero-order valence-corrected chi connectivity index (χ0v) is 11.4. The van der Waals surface area contributed by atoms with Gasteiger partial charge in [0.2, 0.25) is 5.95 Å². The van der Waals surface area contributed by atoms with Crippen LogP contribution < -0.4 is 10.5 Å². The lowest BCUT2D eigenvalue weighted by Crippen LogP contribution is -1.98. The van der Waals surface area contributed by atoms with E-state index in [1.54, 1.807) is 38.0 Å². The summed E-state index contributed by atoms with van der Waals surface area (Å²) in [4.78, 5) is 16.5. The smallest absolute Gasteiger partial charge is 0.220 e. The summed E-state index contributed by atoms with van der Waals surface area (Å²) in [7, 11) is 1.59. The van der Waals surface area contributed by atoms with Crippen molar-refractivity contribution in [1.82, 2.24) is 19.9 Å². The normalized spacial score (nSPS) is 10.3. The molecule has 0 amide bonds. The lowest BCUT2D eigenvalue weighted by atomic mass is 10.1. The number of hydrogen-bond acceptors (Lipinski definition) is 6. The fourth-order valence-corrected chi connectivity index (χ4v) is 2.01. The monoisotopic (exact) mass is 279 g/mol. The second-order valence-electron chi connectivity index (χ2n) is 4.31. The molecule has 3 aromatic heterocycles. The highest BCUT2D eigenvalue weighted by molar-refractivity contribution is 5.73. The van der Waals surface area contributed by atoms with Crippen LogP contribution in [-0.2, 0) is 0 Å². The van der Waals surface area contributed by atoms with E-state index in [1.807, 2.05) is 18.2 Å². The third-order valence-corrected chi connectivity index (χ3v) is 3.01. The van der Waals surface area contributed by atoms with Crippen molar-refractivity contribution in [1.29, 1.82) is 0 Å². The number of pyridine rings is 2. The van der Waals surface area contributed by atoms with Gasteiger partial charge in [0.05, 0.1) is 24.7 Å². The molecule has 3 heterocycles. The van der Waals surface area contributed by atoms with E-state index in [2.05, 4.69) is 19.9 Å². The average Bonchev–Trinajstić information content (AvgIpc) is 2.55. The first-order chi connectivity index (χ1) is 10.3. The maximum absolute atomic E-state index is 5.65. The van der Waals surface area contributed by atoms with Crippen LogP contribution in [-0.4, -0.2) is 27.0 Å². The van der Waals surface area contributed by atoms with Crippen molar-refractivity contribution < 1.29 is 4.74 Å². The summed E-state index contributed by atoms with van der Waals surface area (Å²) in [5.74, 6) is 0.850. The first kappa shape index (κ1) is 13.0. The summed E-state index contributed by atoms with van der Waals surface area (Å²) in [6.07, 6.45) is 6.74. The molecule has 0 saturated carbocycles. The van der Waals surface area contributed by atoms with Crippen LogP contribution >= 0.6 is 0 Å². The molecule has 6 nitrogen and oxygen atoms in total. The molecule has 0 aliphatic heterocycles. The highest BCUT2D eigenvalue weighted by atomic mass is 16.5. The molecule has 0 aliphatic carbocycles. The molecule has 6 heteroatoms. The molecule has 0 spiro atoms. The van der Waals surface area contributed by atoms with Gasteiger partial charge in [-0.15, -0.1) is 0 Å². The van der Waals surface area contributed by atoms with E-state index in [-0.39, 0.29) is 5.95 Å². The van der Waals surface area contributed by atoms with E-state index in [1.165, 1.54) is 0 Å². The molecule has 3 aromatic rings. The summed E-state index contributed by atoms with van der Waals surface area (Å²) in [6, 6.07) is 7.49.